The van der Waals surface area contributed by atoms with E-state index in [4.69, 9.17) is 9.47 Å². The first-order valence-electron chi connectivity index (χ1n) is 20.0. The molecule has 14 nitrogen and oxygen atoms in total. The van der Waals surface area contributed by atoms with Gasteiger partial charge in [0, 0.05) is 30.8 Å². The number of aromatic nitrogens is 1. The van der Waals surface area contributed by atoms with Gasteiger partial charge in [0.25, 0.3) is 11.8 Å². The van der Waals surface area contributed by atoms with Crippen LogP contribution in [0.1, 0.15) is 92.9 Å². The number of sulfonamides is 1. The molecule has 3 N–H and O–H groups in total. The minimum atomic E-state index is -4.12. The number of benzene rings is 1. The quantitative estimate of drug-likeness (QED) is 0.248. The number of amides is 4. The van der Waals surface area contributed by atoms with Crippen molar-refractivity contribution in [1.82, 2.24) is 24.8 Å². The van der Waals surface area contributed by atoms with E-state index >= 15 is 13.6 Å². The molecule has 324 valence electrons. The molecule has 7 atom stereocenters. The van der Waals surface area contributed by atoms with Gasteiger partial charge < -0.3 is 24.8 Å². The van der Waals surface area contributed by atoms with Crippen molar-refractivity contribution in [1.29, 1.82) is 0 Å². The Hall–Kier alpha value is -4.61. The molecule has 1 aromatic heterocycles. The number of methoxy groups -OCH3 is 1. The molecule has 0 bridgehead atoms. The van der Waals surface area contributed by atoms with Crippen molar-refractivity contribution in [3.05, 3.63) is 42.4 Å². The van der Waals surface area contributed by atoms with Crippen molar-refractivity contribution < 1.29 is 55.3 Å². The van der Waals surface area contributed by atoms with Crippen LogP contribution < -0.4 is 19.5 Å². The Bertz CT molecular complexity index is 2140. The number of nitrogens with zero attached hydrogens (tertiary/aromatic N) is 3. The van der Waals surface area contributed by atoms with E-state index in [1.807, 2.05) is 13.0 Å². The number of allylic oxidation sites excluding steroid dienone is 1. The van der Waals surface area contributed by atoms with Crippen LogP contribution in [0.15, 0.2) is 36.5 Å². The molecule has 6 rings (SSSR count). The third-order valence-corrected chi connectivity index (χ3v) is 15.2. The Balaban J connectivity index is 1.44. The van der Waals surface area contributed by atoms with Gasteiger partial charge in [0.15, 0.2) is 11.6 Å². The molecule has 1 saturated heterocycles. The average Bonchev–Trinajstić information content (AvgIpc) is 4.03. The zero-order valence-corrected chi connectivity index (χ0v) is 35.2. The van der Waals surface area contributed by atoms with Crippen molar-refractivity contribution >= 4 is 44.6 Å². The molecule has 2 aliphatic carbocycles. The standard InChI is InChI=1S/C41H54F3N5O9S/c1-8-24-17-23(2)11-9-10-12-26-21-41(26,36(52)47-59(55,56)39(5)14-15-39)46-33(50)30-19-27(58-34-28-20-29(42)31(57-7)18-25(28)13-16-45-34)22-48(30)35(51)32(24)49(37(53)54)38(3,4)40(6,43)44/h10,12-13,16,18,20,23-24,26-27,30,32H,8-9,11,14-15,17,19,21-22H2,1-7H3,(H,46,50)(H,47,52)(H,53,54)/t23-,24-,26-,27-,30+,32+,41-/m1/s1. The minimum Gasteiger partial charge on any atom is -0.494 e. The van der Waals surface area contributed by atoms with Crippen LogP contribution in [0, 0.1) is 23.6 Å². The number of carbonyl (C=O) groups is 4. The highest BCUT2D eigenvalue weighted by Gasteiger charge is 2.63. The number of hydrogen-bond acceptors (Lipinski definition) is 9. The molecule has 3 heterocycles. The second kappa shape index (κ2) is 15.8. The maximum atomic E-state index is 15.4. The lowest BCUT2D eigenvalue weighted by molar-refractivity contribution is -0.157. The zero-order valence-electron chi connectivity index (χ0n) is 34.4. The van der Waals surface area contributed by atoms with Crippen LogP contribution in [0.5, 0.6) is 11.6 Å². The summed E-state index contributed by atoms with van der Waals surface area (Å²) < 4.78 is 84.8. The second-order valence-electron chi connectivity index (χ2n) is 17.5. The van der Waals surface area contributed by atoms with E-state index in [9.17, 15) is 32.3 Å². The molecule has 0 unspecified atom stereocenters. The summed E-state index contributed by atoms with van der Waals surface area (Å²) in [6, 6.07) is 1.09. The summed E-state index contributed by atoms with van der Waals surface area (Å²) in [6.45, 7) is 7.53. The van der Waals surface area contributed by atoms with Crippen LogP contribution in [0.2, 0.25) is 0 Å². The molecule has 2 aliphatic heterocycles. The molecule has 1 aromatic carbocycles. The molecule has 4 amide bonds. The third-order valence-electron chi connectivity index (χ3n) is 13.0. The topological polar surface area (TPSA) is 185 Å². The molecular formula is C41H54F3N5O9S. The van der Waals surface area contributed by atoms with Crippen molar-refractivity contribution in [2.45, 2.75) is 133 Å². The minimum absolute atomic E-state index is 0.0247. The number of fused-ring (bicyclic) bond motifs is 3. The normalized spacial score (nSPS) is 28.7. The van der Waals surface area contributed by atoms with Gasteiger partial charge in [-0.3, -0.25) is 24.0 Å². The van der Waals surface area contributed by atoms with Crippen LogP contribution in [-0.4, -0.2) is 106 Å². The molecule has 4 aliphatic rings. The van der Waals surface area contributed by atoms with Crippen LogP contribution in [0.4, 0.5) is 18.0 Å². The Morgan fingerprint density at radius 2 is 1.86 bits per heavy atom. The summed E-state index contributed by atoms with van der Waals surface area (Å²) >= 11 is 0. The van der Waals surface area contributed by atoms with Crippen molar-refractivity contribution in [3.8, 4) is 11.6 Å². The Labute approximate surface area is 342 Å². The summed E-state index contributed by atoms with van der Waals surface area (Å²) in [4.78, 5) is 62.9. The molecule has 59 heavy (non-hydrogen) atoms. The SMILES string of the molecule is CC[C@@H]1C[C@H](C)CCC=C[C@@H]2C[C@@]2(C(=O)NS(=O)(=O)C2(C)CC2)NC(=O)[C@@H]2C[C@@H](Oc3nccc4cc(OC)c(F)cc34)CN2C(=O)[C@H]1N(C(=O)O)C(C)(C)C(C)(F)F. The highest BCUT2D eigenvalue weighted by molar-refractivity contribution is 7.91. The molecule has 0 spiro atoms. The number of carboxylic acid groups (broad SMARTS) is 1. The fraction of sp³-hybridized carbons (Fsp3) is 0.634. The number of hydrogen-bond donors (Lipinski definition) is 3. The molecule has 3 fully saturated rings. The third kappa shape index (κ3) is 8.29. The van der Waals surface area contributed by atoms with E-state index in [1.54, 1.807) is 19.1 Å². The van der Waals surface area contributed by atoms with Gasteiger partial charge in [-0.1, -0.05) is 32.4 Å². The lowest BCUT2D eigenvalue weighted by Crippen LogP contribution is -2.67. The first kappa shape index (κ1) is 44.0. The molecule has 2 saturated carbocycles. The van der Waals surface area contributed by atoms with Crippen LogP contribution in [-0.2, 0) is 24.4 Å². The predicted octanol–water partition coefficient (Wildman–Crippen LogP) is 5.79. The predicted molar refractivity (Wildman–Crippen MR) is 211 cm³/mol. The first-order valence-corrected chi connectivity index (χ1v) is 21.5. The van der Waals surface area contributed by atoms with Crippen molar-refractivity contribution in [2.75, 3.05) is 13.7 Å². The van der Waals surface area contributed by atoms with Crippen LogP contribution in [0.3, 0.4) is 0 Å². The summed E-state index contributed by atoms with van der Waals surface area (Å²) in [5.41, 5.74) is -4.11. The van der Waals surface area contributed by atoms with Gasteiger partial charge in [-0.2, -0.15) is 0 Å². The molecule has 18 heteroatoms. The Kier molecular flexibility index (Phi) is 11.8. The maximum absolute atomic E-state index is 15.4. The fourth-order valence-corrected chi connectivity index (χ4v) is 9.71. The highest BCUT2D eigenvalue weighted by Crippen LogP contribution is 2.48. The van der Waals surface area contributed by atoms with Crippen LogP contribution in [0.25, 0.3) is 10.8 Å². The van der Waals surface area contributed by atoms with Gasteiger partial charge >= 0.3 is 6.09 Å². The molecular weight excluding hydrogens is 796 g/mol. The number of ether oxygens (including phenoxy) is 2. The van der Waals surface area contributed by atoms with Crippen molar-refractivity contribution in [2.24, 2.45) is 17.8 Å². The van der Waals surface area contributed by atoms with E-state index in [-0.39, 0.29) is 55.2 Å². The largest absolute Gasteiger partial charge is 0.494 e. The Morgan fingerprint density at radius 1 is 1.17 bits per heavy atom. The number of carbonyl (C=O) groups excluding carboxylic acids is 3. The van der Waals surface area contributed by atoms with E-state index in [0.29, 0.717) is 42.9 Å². The molecule has 2 aromatic rings. The average molecular weight is 850 g/mol. The first-order chi connectivity index (χ1) is 27.5. The lowest BCUT2D eigenvalue weighted by atomic mass is 9.81. The van der Waals surface area contributed by atoms with Gasteiger partial charge in [-0.25, -0.2) is 31.4 Å². The summed E-state index contributed by atoms with van der Waals surface area (Å²) in [7, 11) is -2.80. The zero-order chi connectivity index (χ0) is 43.5. The monoisotopic (exact) mass is 849 g/mol. The maximum Gasteiger partial charge on any atom is 0.408 e. The van der Waals surface area contributed by atoms with E-state index in [1.165, 1.54) is 32.4 Å². The van der Waals surface area contributed by atoms with Gasteiger partial charge in [-0.15, -0.1) is 0 Å². The smallest absolute Gasteiger partial charge is 0.408 e. The lowest BCUT2D eigenvalue weighted by Gasteiger charge is -2.47. The second-order valence-corrected chi connectivity index (χ2v) is 19.7. The van der Waals surface area contributed by atoms with Gasteiger partial charge in [-0.05, 0) is 94.7 Å². The number of nitrogens with one attached hydrogen (secondary N) is 2. The van der Waals surface area contributed by atoms with E-state index in [0.717, 1.165) is 18.7 Å². The van der Waals surface area contributed by atoms with Gasteiger partial charge in [0.1, 0.15) is 29.3 Å². The van der Waals surface area contributed by atoms with Gasteiger partial charge in [0.05, 0.1) is 18.4 Å². The van der Waals surface area contributed by atoms with Crippen LogP contribution >= 0.6 is 0 Å². The van der Waals surface area contributed by atoms with Crippen molar-refractivity contribution in [3.63, 3.8) is 0 Å². The fourth-order valence-electron chi connectivity index (χ4n) is 8.40. The summed E-state index contributed by atoms with van der Waals surface area (Å²) in [6.07, 6.45) is 4.36. The number of halogens is 3. The molecule has 0 radical (unpaired) electrons. The summed E-state index contributed by atoms with van der Waals surface area (Å²) in [5, 5.41) is 14.2. The number of pyridine rings is 1. The van der Waals surface area contributed by atoms with E-state index < -0.39 is 91.4 Å². The number of rotatable bonds is 10. The number of alkyl halides is 2. The van der Waals surface area contributed by atoms with E-state index in [2.05, 4.69) is 15.0 Å². The summed E-state index contributed by atoms with van der Waals surface area (Å²) in [5.74, 6) is -8.58. The Morgan fingerprint density at radius 3 is 2.47 bits per heavy atom. The highest BCUT2D eigenvalue weighted by atomic mass is 32.2. The van der Waals surface area contributed by atoms with Gasteiger partial charge in [0.2, 0.25) is 27.7 Å².